The molecule has 0 saturated carbocycles. The molecule has 5 rings (SSSR count). The Bertz CT molecular complexity index is 925. The molecule has 0 spiro atoms. The lowest BCUT2D eigenvalue weighted by atomic mass is 9.97. The first-order valence-corrected chi connectivity index (χ1v) is 9.77. The summed E-state index contributed by atoms with van der Waals surface area (Å²) in [7, 11) is 0. The van der Waals surface area contributed by atoms with E-state index in [1.165, 1.54) is 37.3 Å². The van der Waals surface area contributed by atoms with E-state index in [-0.39, 0.29) is 0 Å². The van der Waals surface area contributed by atoms with E-state index in [4.69, 9.17) is 0 Å². The molecule has 0 bridgehead atoms. The van der Waals surface area contributed by atoms with Crippen molar-refractivity contribution in [3.05, 3.63) is 35.8 Å². The maximum atomic E-state index is 4.68. The topological polar surface area (TPSA) is 64.1 Å². The van der Waals surface area contributed by atoms with Gasteiger partial charge in [-0.1, -0.05) is 6.42 Å². The summed E-state index contributed by atoms with van der Waals surface area (Å²) in [6, 6.07) is 2.12. The third-order valence-electron chi connectivity index (χ3n) is 5.72. The molecular formula is C19H25N7. The fourth-order valence-corrected chi connectivity index (χ4v) is 4.46. The minimum atomic E-state index is 0.425. The van der Waals surface area contributed by atoms with Crippen molar-refractivity contribution in [1.29, 1.82) is 0 Å². The Morgan fingerprint density at radius 1 is 1.08 bits per heavy atom. The average molecular weight is 351 g/mol. The monoisotopic (exact) mass is 351 g/mol. The van der Waals surface area contributed by atoms with Crippen molar-refractivity contribution >= 4 is 11.3 Å². The van der Waals surface area contributed by atoms with Gasteiger partial charge in [0.05, 0.1) is 5.69 Å². The molecule has 0 aliphatic carbocycles. The number of rotatable bonds is 2. The molecule has 1 unspecified atom stereocenters. The fraction of sp³-hybridized carbons (Fsp3) is 0.579. The van der Waals surface area contributed by atoms with Crippen LogP contribution in [0.15, 0.2) is 18.5 Å². The zero-order valence-corrected chi connectivity index (χ0v) is 15.3. The molecule has 7 nitrogen and oxygen atoms in total. The maximum Gasteiger partial charge on any atom is 0.154 e. The fourth-order valence-electron chi connectivity index (χ4n) is 4.46. The largest absolute Gasteiger partial charge is 0.354 e. The summed E-state index contributed by atoms with van der Waals surface area (Å²) in [4.78, 5) is 7.09. The quantitative estimate of drug-likeness (QED) is 0.710. The van der Waals surface area contributed by atoms with Crippen LogP contribution in [0.25, 0.3) is 5.52 Å². The number of hydrogen-bond donors (Lipinski definition) is 0. The van der Waals surface area contributed by atoms with Gasteiger partial charge in [0.1, 0.15) is 17.2 Å². The molecule has 1 saturated heterocycles. The molecule has 26 heavy (non-hydrogen) atoms. The van der Waals surface area contributed by atoms with Gasteiger partial charge in [-0.3, -0.25) is 0 Å². The van der Waals surface area contributed by atoms with E-state index in [0.29, 0.717) is 5.92 Å². The highest BCUT2D eigenvalue weighted by Crippen LogP contribution is 2.31. The van der Waals surface area contributed by atoms with Gasteiger partial charge in [-0.25, -0.2) is 9.50 Å². The summed E-state index contributed by atoms with van der Waals surface area (Å²) in [5.74, 6) is 3.83. The van der Waals surface area contributed by atoms with Gasteiger partial charge < -0.3 is 9.47 Å². The van der Waals surface area contributed by atoms with Gasteiger partial charge in [0.25, 0.3) is 0 Å². The van der Waals surface area contributed by atoms with Gasteiger partial charge in [0.2, 0.25) is 0 Å². The molecule has 0 N–H and O–H groups in total. The lowest BCUT2D eigenvalue weighted by Gasteiger charge is -2.33. The first-order valence-electron chi connectivity index (χ1n) is 9.77. The Balaban J connectivity index is 1.46. The summed E-state index contributed by atoms with van der Waals surface area (Å²) in [6.45, 7) is 5.09. The molecule has 0 aromatic carbocycles. The predicted octanol–water partition coefficient (Wildman–Crippen LogP) is 2.74. The Kier molecular flexibility index (Phi) is 3.87. The van der Waals surface area contributed by atoms with Crippen molar-refractivity contribution in [2.75, 3.05) is 18.0 Å². The molecule has 136 valence electrons. The Morgan fingerprint density at radius 3 is 3.00 bits per heavy atom. The average Bonchev–Trinajstić information content (AvgIpc) is 3.16. The SMILES string of the molecule is Cc1cc2c(N3CCCC(c4nnc5n4CCCCC5)C3)nccn2n1. The van der Waals surface area contributed by atoms with Crippen molar-refractivity contribution in [1.82, 2.24) is 29.4 Å². The van der Waals surface area contributed by atoms with Crippen LogP contribution < -0.4 is 4.90 Å². The van der Waals surface area contributed by atoms with Gasteiger partial charge in [-0.15, -0.1) is 10.2 Å². The van der Waals surface area contributed by atoms with Gasteiger partial charge in [-0.2, -0.15) is 5.10 Å². The third kappa shape index (κ3) is 2.66. The second-order valence-corrected chi connectivity index (χ2v) is 7.59. The highest BCUT2D eigenvalue weighted by Gasteiger charge is 2.28. The van der Waals surface area contributed by atoms with Crippen LogP contribution in [0.3, 0.4) is 0 Å². The van der Waals surface area contributed by atoms with Gasteiger partial charge in [-0.05, 0) is 38.7 Å². The van der Waals surface area contributed by atoms with Crippen molar-refractivity contribution in [3.63, 3.8) is 0 Å². The van der Waals surface area contributed by atoms with Crippen LogP contribution in [0.4, 0.5) is 5.82 Å². The number of anilines is 1. The Labute approximate surface area is 153 Å². The van der Waals surface area contributed by atoms with E-state index in [1.54, 1.807) is 0 Å². The standard InChI is InChI=1S/C19H25N7/c1-14-12-16-19(20-8-11-26(16)23-14)24-9-5-6-15(13-24)18-22-21-17-7-3-2-4-10-25(17)18/h8,11-12,15H,2-7,9-10,13H2,1H3. The number of aryl methyl sites for hydroxylation is 2. The molecule has 5 heterocycles. The number of hydrogen-bond acceptors (Lipinski definition) is 5. The summed E-state index contributed by atoms with van der Waals surface area (Å²) < 4.78 is 4.34. The summed E-state index contributed by atoms with van der Waals surface area (Å²) in [5.41, 5.74) is 2.11. The van der Waals surface area contributed by atoms with Gasteiger partial charge in [0, 0.05) is 44.4 Å². The Hall–Kier alpha value is -2.44. The molecule has 1 atom stereocenters. The van der Waals surface area contributed by atoms with Crippen LogP contribution in [0.1, 0.15) is 55.4 Å². The van der Waals surface area contributed by atoms with Crippen LogP contribution in [0, 0.1) is 6.92 Å². The van der Waals surface area contributed by atoms with Crippen LogP contribution in [-0.2, 0) is 13.0 Å². The van der Waals surface area contributed by atoms with E-state index < -0.39 is 0 Å². The van der Waals surface area contributed by atoms with Crippen molar-refractivity contribution in [3.8, 4) is 0 Å². The lowest BCUT2D eigenvalue weighted by Crippen LogP contribution is -2.36. The Morgan fingerprint density at radius 2 is 2.04 bits per heavy atom. The third-order valence-corrected chi connectivity index (χ3v) is 5.72. The number of fused-ring (bicyclic) bond motifs is 2. The first-order chi connectivity index (χ1) is 12.8. The van der Waals surface area contributed by atoms with Crippen LogP contribution in [-0.4, -0.2) is 42.5 Å². The number of piperidine rings is 1. The smallest absolute Gasteiger partial charge is 0.154 e. The zero-order valence-electron chi connectivity index (χ0n) is 15.3. The van der Waals surface area contributed by atoms with Crippen LogP contribution in [0.2, 0.25) is 0 Å². The van der Waals surface area contributed by atoms with Crippen molar-refractivity contribution in [2.45, 2.75) is 57.9 Å². The summed E-state index contributed by atoms with van der Waals surface area (Å²) in [6.07, 6.45) is 10.9. The molecule has 2 aliphatic rings. The lowest BCUT2D eigenvalue weighted by molar-refractivity contribution is 0.464. The van der Waals surface area contributed by atoms with Crippen LogP contribution in [0.5, 0.6) is 0 Å². The van der Waals surface area contributed by atoms with E-state index in [0.717, 1.165) is 49.5 Å². The minimum Gasteiger partial charge on any atom is -0.354 e. The molecule has 0 amide bonds. The second kappa shape index (κ2) is 6.37. The highest BCUT2D eigenvalue weighted by atomic mass is 15.3. The highest BCUT2D eigenvalue weighted by molar-refractivity contribution is 5.69. The molecule has 3 aromatic heterocycles. The van der Waals surface area contributed by atoms with Gasteiger partial charge >= 0.3 is 0 Å². The van der Waals surface area contributed by atoms with Crippen molar-refractivity contribution in [2.24, 2.45) is 0 Å². The molecular weight excluding hydrogens is 326 g/mol. The summed E-state index contributed by atoms with van der Waals surface area (Å²) in [5, 5.41) is 13.6. The molecule has 1 fully saturated rings. The number of nitrogens with zero attached hydrogens (tertiary/aromatic N) is 7. The number of aromatic nitrogens is 6. The molecule has 7 heteroatoms. The normalized spacial score (nSPS) is 21.0. The maximum absolute atomic E-state index is 4.68. The van der Waals surface area contributed by atoms with E-state index in [2.05, 4.69) is 35.8 Å². The first kappa shape index (κ1) is 15.8. The predicted molar refractivity (Wildman–Crippen MR) is 99.5 cm³/mol. The van der Waals surface area contributed by atoms with Gasteiger partial charge in [0.15, 0.2) is 5.82 Å². The minimum absolute atomic E-state index is 0.425. The van der Waals surface area contributed by atoms with E-state index in [1.807, 2.05) is 23.8 Å². The zero-order chi connectivity index (χ0) is 17.5. The summed E-state index contributed by atoms with van der Waals surface area (Å²) >= 11 is 0. The van der Waals surface area contributed by atoms with Crippen LogP contribution >= 0.6 is 0 Å². The molecule has 2 aliphatic heterocycles. The molecule has 3 aromatic rings. The molecule has 0 radical (unpaired) electrons. The van der Waals surface area contributed by atoms with E-state index >= 15 is 0 Å². The van der Waals surface area contributed by atoms with Crippen molar-refractivity contribution < 1.29 is 0 Å². The van der Waals surface area contributed by atoms with E-state index in [9.17, 15) is 0 Å². The second-order valence-electron chi connectivity index (χ2n) is 7.59.